The first kappa shape index (κ1) is 19.8. The van der Waals surface area contributed by atoms with Gasteiger partial charge in [-0.2, -0.15) is 4.98 Å². The summed E-state index contributed by atoms with van der Waals surface area (Å²) in [6.45, 7) is 4.83. The number of H-pyrrole nitrogens is 1. The zero-order valence-corrected chi connectivity index (χ0v) is 17.3. The van der Waals surface area contributed by atoms with Crippen molar-refractivity contribution in [3.8, 4) is 0 Å². The Morgan fingerprint density at radius 2 is 1.94 bits per heavy atom. The van der Waals surface area contributed by atoms with Crippen LogP contribution in [-0.2, 0) is 11.2 Å². The van der Waals surface area contributed by atoms with E-state index in [0.717, 1.165) is 44.0 Å². The SMILES string of the molecule is O=C1C[C@@H](c2ccccc2)Cc2c1cnc1nc(NCCN3CCOCC3)[nH]c(=O)c21. The first-order valence-electron chi connectivity index (χ1n) is 10.7. The number of nitrogens with zero attached hydrogens (tertiary/aromatic N) is 3. The average molecular weight is 419 g/mol. The summed E-state index contributed by atoms with van der Waals surface area (Å²) in [5.41, 5.74) is 2.52. The molecule has 0 spiro atoms. The summed E-state index contributed by atoms with van der Waals surface area (Å²) < 4.78 is 5.36. The van der Waals surface area contributed by atoms with Gasteiger partial charge in [0.2, 0.25) is 5.95 Å². The maximum absolute atomic E-state index is 13.0. The van der Waals surface area contributed by atoms with Crippen LogP contribution in [0.25, 0.3) is 11.0 Å². The number of carbonyl (C=O) groups is 1. The van der Waals surface area contributed by atoms with Crippen LogP contribution in [0.2, 0.25) is 0 Å². The molecule has 1 saturated heterocycles. The van der Waals surface area contributed by atoms with E-state index in [-0.39, 0.29) is 17.3 Å². The molecule has 1 aliphatic heterocycles. The summed E-state index contributed by atoms with van der Waals surface area (Å²) in [5.74, 6) is 0.481. The first-order valence-corrected chi connectivity index (χ1v) is 10.7. The normalized spacial score (nSPS) is 19.4. The van der Waals surface area contributed by atoms with E-state index in [1.807, 2.05) is 30.3 Å². The van der Waals surface area contributed by atoms with E-state index in [9.17, 15) is 9.59 Å². The summed E-state index contributed by atoms with van der Waals surface area (Å²) in [5, 5.41) is 3.61. The fourth-order valence-corrected chi connectivity index (χ4v) is 4.47. The molecule has 5 rings (SSSR count). The number of hydrogen-bond donors (Lipinski definition) is 2. The topological polar surface area (TPSA) is 100 Å². The third kappa shape index (κ3) is 4.08. The smallest absolute Gasteiger partial charge is 0.262 e. The third-order valence-corrected chi connectivity index (χ3v) is 6.12. The number of ether oxygens (including phenoxy) is 1. The second kappa shape index (κ2) is 8.56. The fraction of sp³-hybridized carbons (Fsp3) is 0.391. The number of aromatic amines is 1. The molecule has 31 heavy (non-hydrogen) atoms. The Labute approximate surface area is 179 Å². The lowest BCUT2D eigenvalue weighted by molar-refractivity contribution is 0.0398. The van der Waals surface area contributed by atoms with Gasteiger partial charge >= 0.3 is 0 Å². The maximum Gasteiger partial charge on any atom is 0.262 e. The molecule has 2 aliphatic rings. The van der Waals surface area contributed by atoms with Gasteiger partial charge in [-0.3, -0.25) is 19.5 Å². The molecule has 8 heteroatoms. The molecule has 1 aromatic carbocycles. The van der Waals surface area contributed by atoms with E-state index in [1.54, 1.807) is 6.20 Å². The van der Waals surface area contributed by atoms with Gasteiger partial charge < -0.3 is 10.1 Å². The van der Waals surface area contributed by atoms with E-state index < -0.39 is 0 Å². The van der Waals surface area contributed by atoms with Crippen LogP contribution in [0.3, 0.4) is 0 Å². The monoisotopic (exact) mass is 419 g/mol. The standard InChI is InChI=1S/C23H25N5O3/c29-19-13-16(15-4-2-1-3-5-15)12-17-18(19)14-25-21-20(17)22(30)27-23(26-21)24-6-7-28-8-10-31-11-9-28/h1-5,14,16H,6-13H2,(H2,24,25,26,27,30)/t16-/m0/s1. The van der Waals surface area contributed by atoms with Crippen molar-refractivity contribution in [3.63, 3.8) is 0 Å². The predicted octanol–water partition coefficient (Wildman–Crippen LogP) is 1.97. The molecule has 2 aromatic heterocycles. The van der Waals surface area contributed by atoms with Crippen molar-refractivity contribution < 1.29 is 9.53 Å². The molecule has 160 valence electrons. The summed E-state index contributed by atoms with van der Waals surface area (Å²) in [6, 6.07) is 9.98. The number of aromatic nitrogens is 3. The summed E-state index contributed by atoms with van der Waals surface area (Å²) >= 11 is 0. The zero-order chi connectivity index (χ0) is 21.2. The van der Waals surface area contributed by atoms with Crippen molar-refractivity contribution in [2.75, 3.05) is 44.7 Å². The summed E-state index contributed by atoms with van der Waals surface area (Å²) in [7, 11) is 0. The third-order valence-electron chi connectivity index (χ3n) is 6.12. The Morgan fingerprint density at radius 3 is 2.74 bits per heavy atom. The van der Waals surface area contributed by atoms with Gasteiger partial charge in [-0.1, -0.05) is 30.3 Å². The van der Waals surface area contributed by atoms with E-state index in [4.69, 9.17) is 4.74 Å². The lowest BCUT2D eigenvalue weighted by Gasteiger charge is -2.26. The highest BCUT2D eigenvalue weighted by Crippen LogP contribution is 2.34. The van der Waals surface area contributed by atoms with Crippen LogP contribution in [0.4, 0.5) is 5.95 Å². The van der Waals surface area contributed by atoms with Crippen molar-refractivity contribution in [1.82, 2.24) is 19.9 Å². The van der Waals surface area contributed by atoms with Crippen molar-refractivity contribution in [2.45, 2.75) is 18.8 Å². The van der Waals surface area contributed by atoms with Crippen molar-refractivity contribution in [3.05, 3.63) is 63.6 Å². The van der Waals surface area contributed by atoms with E-state index in [1.165, 1.54) is 0 Å². The minimum Gasteiger partial charge on any atom is -0.379 e. The Balaban J connectivity index is 1.41. The number of rotatable bonds is 5. The molecule has 0 saturated carbocycles. The number of ketones is 1. The molecule has 3 aromatic rings. The number of morpholine rings is 1. The largest absolute Gasteiger partial charge is 0.379 e. The van der Waals surface area contributed by atoms with Crippen molar-refractivity contribution in [1.29, 1.82) is 0 Å². The van der Waals surface area contributed by atoms with E-state index in [2.05, 4.69) is 25.2 Å². The van der Waals surface area contributed by atoms with Gasteiger partial charge in [0.05, 0.1) is 18.6 Å². The molecule has 2 N–H and O–H groups in total. The second-order valence-corrected chi connectivity index (χ2v) is 8.08. The van der Waals surface area contributed by atoms with E-state index in [0.29, 0.717) is 41.9 Å². The van der Waals surface area contributed by atoms with E-state index >= 15 is 0 Å². The number of benzene rings is 1. The minimum absolute atomic E-state index is 0.0246. The molecule has 0 amide bonds. The lowest BCUT2D eigenvalue weighted by atomic mass is 9.79. The van der Waals surface area contributed by atoms with Gasteiger partial charge in [0.1, 0.15) is 0 Å². The average Bonchev–Trinajstić information content (AvgIpc) is 2.80. The minimum atomic E-state index is -0.260. The van der Waals surface area contributed by atoms with Gasteiger partial charge in [0, 0.05) is 44.4 Å². The molecular weight excluding hydrogens is 394 g/mol. The highest BCUT2D eigenvalue weighted by atomic mass is 16.5. The molecule has 1 aliphatic carbocycles. The van der Waals surface area contributed by atoms with Gasteiger partial charge in [-0.15, -0.1) is 0 Å². The Hall–Kier alpha value is -3.10. The van der Waals surface area contributed by atoms with Crippen LogP contribution in [-0.4, -0.2) is 65.0 Å². The number of Topliss-reactive ketones (excluding diaryl/α,β-unsaturated/α-hetero) is 1. The number of fused-ring (bicyclic) bond motifs is 3. The molecule has 1 atom stereocenters. The molecule has 0 unspecified atom stereocenters. The lowest BCUT2D eigenvalue weighted by Crippen LogP contribution is -2.39. The molecular formula is C23H25N5O3. The highest BCUT2D eigenvalue weighted by molar-refractivity contribution is 6.02. The molecule has 1 fully saturated rings. The van der Waals surface area contributed by atoms with Crippen molar-refractivity contribution >= 4 is 22.8 Å². The van der Waals surface area contributed by atoms with Crippen LogP contribution in [0.5, 0.6) is 0 Å². The summed E-state index contributed by atoms with van der Waals surface area (Å²) in [4.78, 5) is 39.8. The number of carbonyl (C=O) groups excluding carboxylic acids is 1. The Morgan fingerprint density at radius 1 is 1.13 bits per heavy atom. The van der Waals surface area contributed by atoms with Crippen LogP contribution >= 0.6 is 0 Å². The molecule has 0 radical (unpaired) electrons. The van der Waals surface area contributed by atoms with Gasteiger partial charge in [-0.25, -0.2) is 4.98 Å². The van der Waals surface area contributed by atoms with Gasteiger partial charge in [-0.05, 0) is 23.5 Å². The van der Waals surface area contributed by atoms with Crippen LogP contribution in [0.1, 0.15) is 33.8 Å². The second-order valence-electron chi connectivity index (χ2n) is 8.08. The van der Waals surface area contributed by atoms with Crippen molar-refractivity contribution in [2.24, 2.45) is 0 Å². The predicted molar refractivity (Wildman–Crippen MR) is 118 cm³/mol. The maximum atomic E-state index is 13.0. The zero-order valence-electron chi connectivity index (χ0n) is 17.3. The fourth-order valence-electron chi connectivity index (χ4n) is 4.47. The Bertz CT molecular complexity index is 1160. The van der Waals surface area contributed by atoms with Gasteiger partial charge in [0.25, 0.3) is 5.56 Å². The molecule has 8 nitrogen and oxygen atoms in total. The van der Waals surface area contributed by atoms with Gasteiger partial charge in [0.15, 0.2) is 11.4 Å². The highest BCUT2D eigenvalue weighted by Gasteiger charge is 2.29. The quantitative estimate of drug-likeness (QED) is 0.652. The Kier molecular flexibility index (Phi) is 5.48. The van der Waals surface area contributed by atoms with Crippen LogP contribution in [0, 0.1) is 0 Å². The number of nitrogens with one attached hydrogen (secondary N) is 2. The number of anilines is 1. The molecule has 3 heterocycles. The van der Waals surface area contributed by atoms with Crippen LogP contribution < -0.4 is 10.9 Å². The number of hydrogen-bond acceptors (Lipinski definition) is 7. The first-order chi connectivity index (χ1) is 15.2. The number of pyridine rings is 1. The molecule has 0 bridgehead atoms. The summed E-state index contributed by atoms with van der Waals surface area (Å²) in [6.07, 6.45) is 2.63. The van der Waals surface area contributed by atoms with Crippen LogP contribution in [0.15, 0.2) is 41.3 Å².